The zero-order valence-electron chi connectivity index (χ0n) is 30.5. The molecular weight excluding hydrogens is 667 g/mol. The molecule has 0 bridgehead atoms. The largest absolute Gasteiger partial charge is 0.468 e. The molecule has 8 heteroatoms. The lowest BCUT2D eigenvalue weighted by atomic mass is 9.84. The minimum absolute atomic E-state index is 0.279. The molecular formula is C44H49N3O4S. The molecule has 0 saturated carbocycles. The maximum atomic E-state index is 13.4. The third kappa shape index (κ3) is 8.87. The first-order valence-electron chi connectivity index (χ1n) is 18.0. The number of amides is 1. The van der Waals surface area contributed by atoms with E-state index >= 15 is 0 Å². The molecule has 5 aromatic rings. The fourth-order valence-electron chi connectivity index (χ4n) is 7.16. The summed E-state index contributed by atoms with van der Waals surface area (Å²) < 4.78 is 10.6. The molecule has 270 valence electrons. The summed E-state index contributed by atoms with van der Waals surface area (Å²) in [6.07, 6.45) is -0.480. The first kappa shape index (κ1) is 37.1. The van der Waals surface area contributed by atoms with Crippen LogP contribution in [0.5, 0.6) is 0 Å². The van der Waals surface area contributed by atoms with Crippen molar-refractivity contribution in [3.05, 3.63) is 156 Å². The summed E-state index contributed by atoms with van der Waals surface area (Å²) in [5.74, 6) is 0.265. The predicted octanol–water partition coefficient (Wildman–Crippen LogP) is 8.12. The fraction of sp³-hybridized carbons (Fsp3) is 0.318. The maximum absolute atomic E-state index is 13.4. The second-order valence-electron chi connectivity index (χ2n) is 14.3. The Morgan fingerprint density at radius 2 is 1.33 bits per heavy atom. The fourth-order valence-corrected chi connectivity index (χ4v) is 8.71. The smallest absolute Gasteiger partial charge is 0.407 e. The number of esters is 1. The highest BCUT2D eigenvalue weighted by Crippen LogP contribution is 2.48. The summed E-state index contributed by atoms with van der Waals surface area (Å²) in [4.78, 5) is 31.4. The number of piperazine rings is 1. The number of nitrogens with zero attached hydrogens (tertiary/aromatic N) is 2. The van der Waals surface area contributed by atoms with Crippen LogP contribution in [-0.4, -0.2) is 78.6 Å². The van der Waals surface area contributed by atoms with Crippen LogP contribution >= 0.6 is 11.8 Å². The third-order valence-corrected chi connectivity index (χ3v) is 11.2. The van der Waals surface area contributed by atoms with Crippen LogP contribution in [0.3, 0.4) is 0 Å². The van der Waals surface area contributed by atoms with E-state index < -0.39 is 22.5 Å². The minimum atomic E-state index is -0.661. The Balaban J connectivity index is 1.30. The van der Waals surface area contributed by atoms with Gasteiger partial charge in [0.2, 0.25) is 0 Å². The number of carbonyl (C=O) groups excluding carboxylic acids is 2. The zero-order valence-corrected chi connectivity index (χ0v) is 31.4. The number of rotatable bonds is 12. The number of fused-ring (bicyclic) bond motifs is 1. The van der Waals surface area contributed by atoms with Crippen molar-refractivity contribution in [1.82, 2.24) is 15.1 Å². The van der Waals surface area contributed by atoms with E-state index in [1.807, 2.05) is 39.0 Å². The molecule has 5 aromatic carbocycles. The van der Waals surface area contributed by atoms with Gasteiger partial charge in [-0.05, 0) is 53.8 Å². The van der Waals surface area contributed by atoms with Gasteiger partial charge in [0.1, 0.15) is 11.6 Å². The van der Waals surface area contributed by atoms with Gasteiger partial charge in [-0.15, -0.1) is 11.8 Å². The zero-order chi connectivity index (χ0) is 36.6. The second kappa shape index (κ2) is 16.8. The van der Waals surface area contributed by atoms with E-state index in [9.17, 15) is 9.59 Å². The van der Waals surface area contributed by atoms with Gasteiger partial charge in [0.25, 0.3) is 0 Å². The molecule has 6 rings (SSSR count). The SMILES string of the molecule is COC(=O)C1CN(Cc2cccc3ccccc23)CCN1CC(CSC(c1ccccc1)(c1ccccc1)c1ccccc1)NC(=O)OC(C)(C)C. The van der Waals surface area contributed by atoms with Crippen LogP contribution < -0.4 is 5.32 Å². The molecule has 0 spiro atoms. The molecule has 0 aliphatic carbocycles. The summed E-state index contributed by atoms with van der Waals surface area (Å²) in [6.45, 7) is 8.70. The number of alkyl carbamates (subject to hydrolysis) is 1. The number of hydrogen-bond acceptors (Lipinski definition) is 7. The van der Waals surface area contributed by atoms with E-state index in [0.717, 1.165) is 29.8 Å². The monoisotopic (exact) mass is 715 g/mol. The summed E-state index contributed by atoms with van der Waals surface area (Å²) >= 11 is 1.78. The number of carbonyl (C=O) groups is 2. The van der Waals surface area contributed by atoms with Crippen LogP contribution in [0.2, 0.25) is 0 Å². The molecule has 0 radical (unpaired) electrons. The van der Waals surface area contributed by atoms with Crippen LogP contribution in [-0.2, 0) is 25.6 Å². The van der Waals surface area contributed by atoms with Crippen LogP contribution in [0.4, 0.5) is 4.79 Å². The van der Waals surface area contributed by atoms with Gasteiger partial charge in [0, 0.05) is 38.5 Å². The Morgan fingerprint density at radius 1 is 0.769 bits per heavy atom. The Bertz CT molecular complexity index is 1810. The summed E-state index contributed by atoms with van der Waals surface area (Å²) in [6, 6.07) is 45.5. The van der Waals surface area contributed by atoms with Crippen molar-refractivity contribution >= 4 is 34.6 Å². The van der Waals surface area contributed by atoms with E-state index in [4.69, 9.17) is 9.47 Å². The minimum Gasteiger partial charge on any atom is -0.468 e. The van der Waals surface area contributed by atoms with Gasteiger partial charge in [-0.2, -0.15) is 0 Å². The molecule has 1 N–H and O–H groups in total. The Hall–Kier alpha value is -4.63. The van der Waals surface area contributed by atoms with Crippen molar-refractivity contribution in [2.24, 2.45) is 0 Å². The van der Waals surface area contributed by atoms with Crippen LogP contribution in [0.15, 0.2) is 133 Å². The summed E-state index contributed by atoms with van der Waals surface area (Å²) in [5.41, 5.74) is 4.00. The van der Waals surface area contributed by atoms with Gasteiger partial charge in [0.05, 0.1) is 17.9 Å². The van der Waals surface area contributed by atoms with Gasteiger partial charge in [-0.1, -0.05) is 133 Å². The lowest BCUT2D eigenvalue weighted by molar-refractivity contribution is -0.149. The average Bonchev–Trinajstić information content (AvgIpc) is 3.16. The van der Waals surface area contributed by atoms with Crippen LogP contribution in [0, 0.1) is 0 Å². The molecule has 1 aliphatic heterocycles. The molecule has 0 aromatic heterocycles. The van der Waals surface area contributed by atoms with Crippen molar-refractivity contribution in [3.8, 4) is 0 Å². The molecule has 7 nitrogen and oxygen atoms in total. The van der Waals surface area contributed by atoms with Gasteiger partial charge in [-0.25, -0.2) is 4.79 Å². The Labute approximate surface area is 312 Å². The van der Waals surface area contributed by atoms with Crippen LogP contribution in [0.1, 0.15) is 43.0 Å². The first-order valence-corrected chi connectivity index (χ1v) is 19.0. The molecule has 1 saturated heterocycles. The van der Waals surface area contributed by atoms with Crippen molar-refractivity contribution in [2.75, 3.05) is 39.0 Å². The standard InChI is InChI=1S/C44H49N3O4S/c1-43(2,3)51-42(49)45-38(32-52-44(35-20-8-5-9-21-35,36-22-10-6-11-23-36)37-24-12-7-13-25-37)30-47-28-27-46(31-40(47)41(48)50-4)29-34-19-16-18-33-17-14-15-26-39(33)34/h5-26,38,40H,27-32H2,1-4H3,(H,45,49). The van der Waals surface area contributed by atoms with E-state index in [1.54, 1.807) is 11.8 Å². The summed E-state index contributed by atoms with van der Waals surface area (Å²) in [5, 5.41) is 5.63. The molecule has 1 heterocycles. The number of ether oxygens (including phenoxy) is 2. The van der Waals surface area contributed by atoms with Gasteiger partial charge < -0.3 is 14.8 Å². The topological polar surface area (TPSA) is 71.1 Å². The molecule has 52 heavy (non-hydrogen) atoms. The number of thioether (sulfide) groups is 1. The second-order valence-corrected chi connectivity index (χ2v) is 15.6. The highest BCUT2D eigenvalue weighted by atomic mass is 32.2. The van der Waals surface area contributed by atoms with Crippen molar-refractivity contribution in [3.63, 3.8) is 0 Å². The van der Waals surface area contributed by atoms with Crippen molar-refractivity contribution < 1.29 is 19.1 Å². The maximum Gasteiger partial charge on any atom is 0.407 e. The van der Waals surface area contributed by atoms with Crippen molar-refractivity contribution in [1.29, 1.82) is 0 Å². The number of hydrogen-bond donors (Lipinski definition) is 1. The molecule has 1 aliphatic rings. The van der Waals surface area contributed by atoms with Gasteiger partial charge >= 0.3 is 12.1 Å². The van der Waals surface area contributed by atoms with E-state index in [0.29, 0.717) is 25.4 Å². The number of methoxy groups -OCH3 is 1. The number of nitrogens with one attached hydrogen (secondary N) is 1. The quantitative estimate of drug-likeness (QED) is 0.103. The third-order valence-electron chi connectivity index (χ3n) is 9.54. The van der Waals surface area contributed by atoms with E-state index in [2.05, 4.69) is 130 Å². The van der Waals surface area contributed by atoms with Gasteiger partial charge in [-0.3, -0.25) is 14.6 Å². The Morgan fingerprint density at radius 3 is 1.90 bits per heavy atom. The van der Waals surface area contributed by atoms with E-state index in [-0.39, 0.29) is 12.0 Å². The first-order chi connectivity index (χ1) is 25.2. The molecule has 2 unspecified atom stereocenters. The summed E-state index contributed by atoms with van der Waals surface area (Å²) in [7, 11) is 1.45. The normalized spacial score (nSPS) is 16.3. The number of benzene rings is 5. The van der Waals surface area contributed by atoms with Gasteiger partial charge in [0.15, 0.2) is 0 Å². The molecule has 1 amide bonds. The van der Waals surface area contributed by atoms with E-state index in [1.165, 1.54) is 23.4 Å². The van der Waals surface area contributed by atoms with Crippen LogP contribution in [0.25, 0.3) is 10.8 Å². The van der Waals surface area contributed by atoms with Crippen molar-refractivity contribution in [2.45, 2.75) is 49.7 Å². The highest BCUT2D eigenvalue weighted by molar-refractivity contribution is 8.00. The lowest BCUT2D eigenvalue weighted by Gasteiger charge is -2.42. The predicted molar refractivity (Wildman–Crippen MR) is 211 cm³/mol. The average molecular weight is 716 g/mol. The lowest BCUT2D eigenvalue weighted by Crippen LogP contribution is -2.60. The molecule has 2 atom stereocenters. The Kier molecular flexibility index (Phi) is 12.0. The molecule has 1 fully saturated rings. The highest BCUT2D eigenvalue weighted by Gasteiger charge is 2.40.